The molecular formula is C35H33ClFN7O2. The normalized spacial score (nSPS) is 14.3. The van der Waals surface area contributed by atoms with Crippen LogP contribution in [0.5, 0.6) is 5.88 Å². The minimum atomic E-state index is -0.391. The molecule has 1 aliphatic heterocycles. The molecule has 1 fully saturated rings. The molecule has 46 heavy (non-hydrogen) atoms. The number of hydrogen-bond acceptors (Lipinski definition) is 6. The molecule has 9 nitrogen and oxygen atoms in total. The molecule has 1 amide bonds. The van der Waals surface area contributed by atoms with E-state index in [-0.39, 0.29) is 12.5 Å². The van der Waals surface area contributed by atoms with Gasteiger partial charge in [0.15, 0.2) is 0 Å². The van der Waals surface area contributed by atoms with Crippen molar-refractivity contribution >= 4 is 45.1 Å². The van der Waals surface area contributed by atoms with Crippen molar-refractivity contribution in [1.29, 1.82) is 0 Å². The number of piperidine rings is 1. The van der Waals surface area contributed by atoms with Crippen LogP contribution in [0.3, 0.4) is 0 Å². The lowest BCUT2D eigenvalue weighted by atomic mass is 9.93. The molecule has 3 aromatic carbocycles. The van der Waals surface area contributed by atoms with Gasteiger partial charge in [-0.3, -0.25) is 14.8 Å². The maximum Gasteiger partial charge on any atom is 0.255 e. The summed E-state index contributed by atoms with van der Waals surface area (Å²) in [5.41, 5.74) is 6.29. The van der Waals surface area contributed by atoms with E-state index < -0.39 is 5.82 Å². The first kappa shape index (κ1) is 29.9. The van der Waals surface area contributed by atoms with Crippen molar-refractivity contribution in [3.8, 4) is 5.88 Å². The number of carbonyl (C=O) groups excluding carboxylic acids is 1. The maximum atomic E-state index is 14.2. The zero-order chi connectivity index (χ0) is 31.8. The Hall–Kier alpha value is -4.80. The number of anilines is 1. The van der Waals surface area contributed by atoms with Gasteiger partial charge in [-0.1, -0.05) is 23.7 Å². The van der Waals surface area contributed by atoms with E-state index in [1.54, 1.807) is 18.2 Å². The first-order valence-electron chi connectivity index (χ1n) is 15.3. The lowest BCUT2D eigenvalue weighted by Crippen LogP contribution is -2.33. The van der Waals surface area contributed by atoms with Gasteiger partial charge in [-0.15, -0.1) is 0 Å². The highest BCUT2D eigenvalue weighted by molar-refractivity contribution is 6.30. The van der Waals surface area contributed by atoms with Crippen molar-refractivity contribution in [2.45, 2.75) is 38.8 Å². The molecule has 0 spiro atoms. The van der Waals surface area contributed by atoms with Gasteiger partial charge in [-0.2, -0.15) is 5.10 Å². The van der Waals surface area contributed by atoms with Crippen molar-refractivity contribution in [2.75, 3.05) is 18.4 Å². The number of benzene rings is 3. The van der Waals surface area contributed by atoms with Gasteiger partial charge in [0.25, 0.3) is 5.91 Å². The van der Waals surface area contributed by atoms with Gasteiger partial charge < -0.3 is 14.6 Å². The Kier molecular flexibility index (Phi) is 8.14. The second kappa shape index (κ2) is 12.5. The molecule has 234 valence electrons. The standard InChI is InChI=1S/C35H33ClFN7O2/c1-21-27-18-26(9-10-30(27)42-41-21)38-35(45)23-7-11-32-31(16-23)39-33(43(32)2)19-44-14-12-22(13-15-44)29-4-3-5-34(40-29)46-20-24-6-8-25(36)17-28(24)37/h3-11,16-18,22H,12-15,19-20H2,1-2H3,(H,38,45)(H,41,42). The first-order chi connectivity index (χ1) is 22.3. The predicted molar refractivity (Wildman–Crippen MR) is 177 cm³/mol. The second-order valence-corrected chi connectivity index (χ2v) is 12.2. The fraction of sp³-hybridized carbons (Fsp3) is 0.257. The van der Waals surface area contributed by atoms with Crippen molar-refractivity contribution in [2.24, 2.45) is 7.05 Å². The summed E-state index contributed by atoms with van der Waals surface area (Å²) in [5.74, 6) is 1.17. The first-order valence-corrected chi connectivity index (χ1v) is 15.7. The van der Waals surface area contributed by atoms with Crippen LogP contribution in [0.1, 0.15) is 51.9 Å². The highest BCUT2D eigenvalue weighted by Crippen LogP contribution is 2.29. The number of carbonyl (C=O) groups is 1. The zero-order valence-corrected chi connectivity index (χ0v) is 26.3. The highest BCUT2D eigenvalue weighted by Gasteiger charge is 2.24. The van der Waals surface area contributed by atoms with E-state index in [0.29, 0.717) is 34.5 Å². The third-order valence-electron chi connectivity index (χ3n) is 8.74. The van der Waals surface area contributed by atoms with Crippen molar-refractivity contribution < 1.29 is 13.9 Å². The van der Waals surface area contributed by atoms with E-state index in [1.807, 2.05) is 62.5 Å². The summed E-state index contributed by atoms with van der Waals surface area (Å²) in [6.07, 6.45) is 1.92. The van der Waals surface area contributed by atoms with Crippen LogP contribution in [-0.2, 0) is 20.2 Å². The number of nitrogens with zero attached hydrogens (tertiary/aromatic N) is 5. The molecule has 1 aliphatic rings. The summed E-state index contributed by atoms with van der Waals surface area (Å²) < 4.78 is 22.1. The van der Waals surface area contributed by atoms with Crippen LogP contribution in [0.15, 0.2) is 72.8 Å². The molecule has 0 atom stereocenters. The number of ether oxygens (including phenoxy) is 1. The average molecular weight is 638 g/mol. The van der Waals surface area contributed by atoms with Gasteiger partial charge in [0, 0.05) is 57.6 Å². The number of imidazole rings is 1. The van der Waals surface area contributed by atoms with E-state index in [4.69, 9.17) is 26.3 Å². The number of aromatic nitrogens is 5. The summed E-state index contributed by atoms with van der Waals surface area (Å²) in [5, 5.41) is 11.6. The van der Waals surface area contributed by atoms with Crippen LogP contribution in [0.2, 0.25) is 5.02 Å². The van der Waals surface area contributed by atoms with E-state index >= 15 is 0 Å². The molecule has 6 aromatic rings. The smallest absolute Gasteiger partial charge is 0.255 e. The molecule has 0 radical (unpaired) electrons. The fourth-order valence-corrected chi connectivity index (χ4v) is 6.23. The molecule has 7 rings (SSSR count). The predicted octanol–water partition coefficient (Wildman–Crippen LogP) is 7.16. The molecule has 0 aliphatic carbocycles. The number of halogens is 2. The number of aromatic amines is 1. The molecule has 11 heteroatoms. The minimum absolute atomic E-state index is 0.0874. The Morgan fingerprint density at radius 3 is 2.72 bits per heavy atom. The summed E-state index contributed by atoms with van der Waals surface area (Å²) in [4.78, 5) is 25.2. The summed E-state index contributed by atoms with van der Waals surface area (Å²) in [7, 11) is 2.02. The van der Waals surface area contributed by atoms with Crippen molar-refractivity contribution in [1.82, 2.24) is 29.6 Å². The number of hydrogen-bond donors (Lipinski definition) is 2. The summed E-state index contributed by atoms with van der Waals surface area (Å²) in [6.45, 7) is 4.57. The Labute approximate surface area is 270 Å². The maximum absolute atomic E-state index is 14.2. The number of nitrogens with one attached hydrogen (secondary N) is 2. The average Bonchev–Trinajstić information content (AvgIpc) is 3.58. The van der Waals surface area contributed by atoms with Gasteiger partial charge in [-0.05, 0) is 87.5 Å². The second-order valence-electron chi connectivity index (χ2n) is 11.8. The SMILES string of the molecule is Cc1[nH]nc2ccc(NC(=O)c3ccc4c(c3)nc(CN3CCC(c5cccc(OCc6ccc(Cl)cc6F)n5)CC3)n4C)cc12. The molecule has 3 aromatic heterocycles. The number of fused-ring (bicyclic) bond motifs is 2. The number of likely N-dealkylation sites (tertiary alicyclic amines) is 1. The minimum Gasteiger partial charge on any atom is -0.473 e. The molecule has 0 unspecified atom stereocenters. The Morgan fingerprint density at radius 2 is 1.89 bits per heavy atom. The topological polar surface area (TPSA) is 101 Å². The Balaban J connectivity index is 0.967. The monoisotopic (exact) mass is 637 g/mol. The van der Waals surface area contributed by atoms with Crippen LogP contribution in [-0.4, -0.2) is 48.6 Å². The van der Waals surface area contributed by atoms with Crippen LogP contribution in [0.4, 0.5) is 10.1 Å². The zero-order valence-electron chi connectivity index (χ0n) is 25.6. The Morgan fingerprint density at radius 1 is 1.04 bits per heavy atom. The van der Waals surface area contributed by atoms with Gasteiger partial charge in [0.1, 0.15) is 18.2 Å². The Bertz CT molecular complexity index is 2070. The van der Waals surface area contributed by atoms with Gasteiger partial charge in [0.05, 0.1) is 23.1 Å². The number of H-pyrrole nitrogens is 1. The van der Waals surface area contributed by atoms with Gasteiger partial charge >= 0.3 is 0 Å². The molecule has 1 saturated heterocycles. The highest BCUT2D eigenvalue weighted by atomic mass is 35.5. The van der Waals surface area contributed by atoms with Crippen LogP contribution in [0, 0.1) is 12.7 Å². The lowest BCUT2D eigenvalue weighted by molar-refractivity contribution is 0.102. The van der Waals surface area contributed by atoms with E-state index in [0.717, 1.165) is 70.8 Å². The van der Waals surface area contributed by atoms with Gasteiger partial charge in [-0.25, -0.2) is 14.4 Å². The largest absolute Gasteiger partial charge is 0.473 e. The number of aryl methyl sites for hydroxylation is 2. The third kappa shape index (κ3) is 6.18. The number of pyridine rings is 1. The number of amides is 1. The van der Waals surface area contributed by atoms with E-state index in [9.17, 15) is 9.18 Å². The molecule has 0 bridgehead atoms. The van der Waals surface area contributed by atoms with Crippen LogP contribution in [0.25, 0.3) is 21.9 Å². The van der Waals surface area contributed by atoms with Crippen molar-refractivity contribution in [3.63, 3.8) is 0 Å². The summed E-state index contributed by atoms with van der Waals surface area (Å²) in [6, 6.07) is 21.7. The molecule has 4 heterocycles. The lowest BCUT2D eigenvalue weighted by Gasteiger charge is -2.31. The number of rotatable bonds is 8. The van der Waals surface area contributed by atoms with Crippen LogP contribution < -0.4 is 10.1 Å². The summed E-state index contributed by atoms with van der Waals surface area (Å²) >= 11 is 5.86. The van der Waals surface area contributed by atoms with Gasteiger partial charge in [0.2, 0.25) is 5.88 Å². The fourth-order valence-electron chi connectivity index (χ4n) is 6.07. The molecule has 2 N–H and O–H groups in total. The molecule has 0 saturated carbocycles. The third-order valence-corrected chi connectivity index (χ3v) is 8.98. The van der Waals surface area contributed by atoms with E-state index in [1.165, 1.54) is 6.07 Å². The molecular weight excluding hydrogens is 605 g/mol. The van der Waals surface area contributed by atoms with Crippen molar-refractivity contribution in [3.05, 3.63) is 112 Å². The van der Waals surface area contributed by atoms with E-state index in [2.05, 4.69) is 25.0 Å². The quantitative estimate of drug-likeness (QED) is 0.184. The van der Waals surface area contributed by atoms with Crippen LogP contribution >= 0.6 is 11.6 Å².